The first-order valence-corrected chi connectivity index (χ1v) is 12.8. The van der Waals surface area contributed by atoms with E-state index in [1.165, 1.54) is 30.7 Å². The van der Waals surface area contributed by atoms with Crippen molar-refractivity contribution in [2.45, 2.75) is 67.4 Å². The Bertz CT molecular complexity index is 1340. The molecule has 190 valence electrons. The number of likely N-dealkylation sites (N-methyl/N-ethyl adjacent to an activating group) is 1. The van der Waals surface area contributed by atoms with E-state index in [4.69, 9.17) is 13.3 Å². The van der Waals surface area contributed by atoms with Gasteiger partial charge in [-0.2, -0.15) is 0 Å². The SMILES string of the molecule is [2H]C([2H])([2H])N(C(=O)/C=C\c1ccoc1)[C@@H]1CC[C@@]2(O)[C@H]3[C@@H](O)c4ccc(O)c5c4[C@@]2(CCN3CC2CC2)[C@H]1O5. The topological polar surface area (TPSA) is 107 Å². The lowest BCUT2D eigenvalue weighted by molar-refractivity contribution is -0.223. The van der Waals surface area contributed by atoms with Crippen molar-refractivity contribution in [1.29, 1.82) is 0 Å². The smallest absolute Gasteiger partial charge is 0.246 e. The van der Waals surface area contributed by atoms with Crippen LogP contribution in [0.15, 0.2) is 41.2 Å². The molecule has 7 rings (SSSR count). The van der Waals surface area contributed by atoms with E-state index in [0.29, 0.717) is 35.6 Å². The summed E-state index contributed by atoms with van der Waals surface area (Å²) in [5.74, 6) is -0.117. The molecule has 0 unspecified atom stereocenters. The van der Waals surface area contributed by atoms with Gasteiger partial charge in [-0.3, -0.25) is 9.69 Å². The minimum Gasteiger partial charge on any atom is -0.504 e. The largest absolute Gasteiger partial charge is 0.504 e. The number of amides is 1. The van der Waals surface area contributed by atoms with E-state index in [-0.39, 0.29) is 24.3 Å². The minimum absolute atomic E-state index is 0.128. The van der Waals surface area contributed by atoms with Crippen molar-refractivity contribution in [2.75, 3.05) is 20.1 Å². The Morgan fingerprint density at radius 1 is 1.31 bits per heavy atom. The summed E-state index contributed by atoms with van der Waals surface area (Å²) in [7, 11) is 0. The van der Waals surface area contributed by atoms with Crippen molar-refractivity contribution in [3.8, 4) is 11.5 Å². The van der Waals surface area contributed by atoms with Crippen LogP contribution in [0, 0.1) is 5.92 Å². The Kier molecular flexibility index (Phi) is 4.08. The summed E-state index contributed by atoms with van der Waals surface area (Å²) in [5, 5.41) is 35.1. The molecule has 8 heteroatoms. The second-order valence-electron chi connectivity index (χ2n) is 11.1. The zero-order valence-corrected chi connectivity index (χ0v) is 19.8. The number of benzene rings is 1. The minimum atomic E-state index is -2.78. The van der Waals surface area contributed by atoms with Gasteiger partial charge < -0.3 is 29.4 Å². The highest BCUT2D eigenvalue weighted by Gasteiger charge is 2.75. The molecule has 1 aromatic heterocycles. The van der Waals surface area contributed by atoms with Crippen LogP contribution in [0.2, 0.25) is 0 Å². The number of nitrogens with zero attached hydrogens (tertiary/aromatic N) is 2. The molecule has 1 aromatic carbocycles. The van der Waals surface area contributed by atoms with Crippen LogP contribution in [0.3, 0.4) is 0 Å². The Morgan fingerprint density at radius 3 is 2.92 bits per heavy atom. The van der Waals surface area contributed by atoms with Crippen LogP contribution in [-0.2, 0) is 10.2 Å². The number of aliphatic hydroxyl groups is 2. The number of aromatic hydroxyl groups is 1. The Morgan fingerprint density at radius 2 is 2.17 bits per heavy atom. The van der Waals surface area contributed by atoms with Gasteiger partial charge in [0.05, 0.1) is 41.7 Å². The number of carbonyl (C=O) groups excluding carboxylic acids is 1. The van der Waals surface area contributed by atoms with Crippen molar-refractivity contribution >= 4 is 12.0 Å². The molecule has 0 radical (unpaired) electrons. The third kappa shape index (κ3) is 2.83. The summed E-state index contributed by atoms with van der Waals surface area (Å²) in [4.78, 5) is 16.6. The maximum Gasteiger partial charge on any atom is 0.246 e. The molecule has 1 saturated heterocycles. The Balaban J connectivity index is 1.34. The second kappa shape index (κ2) is 7.60. The van der Waals surface area contributed by atoms with Crippen LogP contribution in [0.1, 0.15) is 59.0 Å². The first-order valence-electron chi connectivity index (χ1n) is 14.3. The number of hydrogen-bond donors (Lipinski definition) is 3. The molecule has 6 atom stereocenters. The highest BCUT2D eigenvalue weighted by molar-refractivity contribution is 5.92. The van der Waals surface area contributed by atoms with Gasteiger partial charge in [0.25, 0.3) is 0 Å². The molecule has 3 N–H and O–H groups in total. The summed E-state index contributed by atoms with van der Waals surface area (Å²) in [6.07, 6.45) is 6.79. The first kappa shape index (κ1) is 19.3. The van der Waals surface area contributed by atoms with Gasteiger partial charge >= 0.3 is 0 Å². The lowest BCUT2D eigenvalue weighted by Gasteiger charge is -2.65. The number of likely N-dealkylation sites (tertiary alicyclic amines) is 1. The molecule has 2 aromatic rings. The monoisotopic (exact) mass is 495 g/mol. The van der Waals surface area contributed by atoms with Gasteiger partial charge in [-0.15, -0.1) is 0 Å². The van der Waals surface area contributed by atoms with Crippen LogP contribution in [0.4, 0.5) is 0 Å². The molecule has 2 saturated carbocycles. The fourth-order valence-electron chi connectivity index (χ4n) is 7.56. The summed E-state index contributed by atoms with van der Waals surface area (Å²) in [6.45, 7) is -1.41. The normalized spacial score (nSPS) is 38.1. The van der Waals surface area contributed by atoms with Crippen molar-refractivity contribution in [3.05, 3.63) is 53.5 Å². The zero-order valence-electron chi connectivity index (χ0n) is 22.8. The van der Waals surface area contributed by atoms with Crippen LogP contribution in [-0.4, -0.2) is 74.9 Å². The van der Waals surface area contributed by atoms with E-state index in [2.05, 4.69) is 4.90 Å². The average molecular weight is 496 g/mol. The molecule has 2 bridgehead atoms. The van der Waals surface area contributed by atoms with Crippen molar-refractivity contribution in [2.24, 2.45) is 5.92 Å². The number of ether oxygens (including phenoxy) is 1. The van der Waals surface area contributed by atoms with Crippen molar-refractivity contribution in [1.82, 2.24) is 9.80 Å². The number of phenols is 1. The van der Waals surface area contributed by atoms with Crippen LogP contribution in [0.5, 0.6) is 11.5 Å². The van der Waals surface area contributed by atoms with E-state index in [1.807, 2.05) is 0 Å². The molecule has 3 fully saturated rings. The first-order chi connectivity index (χ1) is 18.6. The predicted molar refractivity (Wildman–Crippen MR) is 130 cm³/mol. The van der Waals surface area contributed by atoms with Crippen molar-refractivity contribution in [3.63, 3.8) is 0 Å². The molecular formula is C28H32N2O6. The van der Waals surface area contributed by atoms with Crippen LogP contribution >= 0.6 is 0 Å². The number of piperidine rings is 1. The van der Waals surface area contributed by atoms with Gasteiger partial charge in [-0.05, 0) is 68.3 Å². The lowest BCUT2D eigenvalue weighted by atomic mass is 9.47. The third-order valence-corrected chi connectivity index (χ3v) is 9.30. The van der Waals surface area contributed by atoms with E-state index >= 15 is 0 Å². The number of hydrogen-bond acceptors (Lipinski definition) is 7. The number of rotatable bonds is 5. The molecule has 5 aliphatic rings. The number of aliphatic hydroxyl groups excluding tert-OH is 1. The zero-order chi connectivity index (χ0) is 27.3. The van der Waals surface area contributed by atoms with Crippen molar-refractivity contribution < 1.29 is 33.4 Å². The summed E-state index contributed by atoms with van der Waals surface area (Å²) in [6, 6.07) is 3.33. The van der Waals surface area contributed by atoms with Gasteiger partial charge in [0.1, 0.15) is 6.10 Å². The fourth-order valence-corrected chi connectivity index (χ4v) is 7.56. The van der Waals surface area contributed by atoms with E-state index in [9.17, 15) is 20.1 Å². The summed E-state index contributed by atoms with van der Waals surface area (Å²) in [5.41, 5.74) is -0.740. The molecule has 8 nitrogen and oxygen atoms in total. The van der Waals surface area contributed by atoms with Crippen LogP contribution < -0.4 is 4.74 Å². The Hall–Kier alpha value is -2.81. The van der Waals surface area contributed by atoms with Gasteiger partial charge in [0, 0.05) is 34.8 Å². The molecule has 1 spiro atoms. The lowest BCUT2D eigenvalue weighted by Crippen LogP contribution is -2.79. The highest BCUT2D eigenvalue weighted by atomic mass is 16.5. The van der Waals surface area contributed by atoms with E-state index < -0.39 is 48.2 Å². The second-order valence-corrected chi connectivity index (χ2v) is 11.1. The Labute approximate surface area is 214 Å². The summed E-state index contributed by atoms with van der Waals surface area (Å²) < 4.78 is 36.4. The van der Waals surface area contributed by atoms with Gasteiger partial charge in [0.15, 0.2) is 11.5 Å². The fraction of sp³-hybridized carbons (Fsp3) is 0.536. The number of furan rings is 1. The molecule has 1 amide bonds. The van der Waals surface area contributed by atoms with Gasteiger partial charge in [-0.1, -0.05) is 6.07 Å². The third-order valence-electron chi connectivity index (χ3n) is 9.30. The molecular weight excluding hydrogens is 460 g/mol. The maximum atomic E-state index is 13.5. The quantitative estimate of drug-likeness (QED) is 0.548. The average Bonchev–Trinajstić information content (AvgIpc) is 3.39. The molecule has 2 aliphatic heterocycles. The number of carbonyl (C=O) groups is 1. The van der Waals surface area contributed by atoms with Gasteiger partial charge in [-0.25, -0.2) is 0 Å². The molecule has 36 heavy (non-hydrogen) atoms. The summed E-state index contributed by atoms with van der Waals surface area (Å²) >= 11 is 0. The van der Waals surface area contributed by atoms with Crippen LogP contribution in [0.25, 0.3) is 6.08 Å². The number of phenolic OH excluding ortho intramolecular Hbond substituents is 1. The molecule has 3 heterocycles. The van der Waals surface area contributed by atoms with E-state index in [1.54, 1.807) is 12.1 Å². The predicted octanol–water partition coefficient (Wildman–Crippen LogP) is 2.58. The van der Waals surface area contributed by atoms with Gasteiger partial charge in [0.2, 0.25) is 5.91 Å². The standard InChI is InChI=1S/C28H32N2O6/c1-29(21(32)7-4-17-9-13-35-15-17)19-8-10-28(34)25-23(33)18-5-6-20(31)24-22(18)27(28,26(19)36-24)11-12-30(25)14-16-2-3-16/h4-7,9,13,15-16,19,23,25-26,31,33-34H,2-3,8,10-12,14H2,1H3/b7-4-/t19-,23+,25-,26+,27+,28-/m1/s1/i1D3. The highest BCUT2D eigenvalue weighted by Crippen LogP contribution is 2.67. The van der Waals surface area contributed by atoms with E-state index in [0.717, 1.165) is 24.3 Å². The molecule has 3 aliphatic carbocycles. The maximum absolute atomic E-state index is 13.5.